The Morgan fingerprint density at radius 3 is 2.31 bits per heavy atom. The average molecular weight is 345 g/mol. The van der Waals surface area contributed by atoms with Crippen molar-refractivity contribution in [1.29, 1.82) is 0 Å². The Kier molecular flexibility index (Phi) is 4.56. The molecule has 3 aromatic carbocycles. The van der Waals surface area contributed by atoms with Gasteiger partial charge in [0, 0.05) is 6.54 Å². The largest absolute Gasteiger partial charge is 0.454 e. The summed E-state index contributed by atoms with van der Waals surface area (Å²) in [6, 6.07) is 24.0. The lowest BCUT2D eigenvalue weighted by Gasteiger charge is -2.07. The molecule has 130 valence electrons. The first-order valence-electron chi connectivity index (χ1n) is 8.57. The summed E-state index contributed by atoms with van der Waals surface area (Å²) in [7, 11) is 0. The molecule has 1 heterocycles. The van der Waals surface area contributed by atoms with E-state index in [9.17, 15) is 4.79 Å². The first-order chi connectivity index (χ1) is 12.8. The monoisotopic (exact) mass is 345 g/mol. The Morgan fingerprint density at radius 1 is 0.808 bits per heavy atom. The van der Waals surface area contributed by atoms with Crippen molar-refractivity contribution in [3.05, 3.63) is 83.9 Å². The van der Waals surface area contributed by atoms with Gasteiger partial charge in [-0.3, -0.25) is 4.79 Å². The molecule has 1 aliphatic rings. The van der Waals surface area contributed by atoms with Gasteiger partial charge in [-0.15, -0.1) is 0 Å². The van der Waals surface area contributed by atoms with Crippen LogP contribution in [0.15, 0.2) is 72.8 Å². The highest BCUT2D eigenvalue weighted by Crippen LogP contribution is 2.32. The molecule has 4 nitrogen and oxygen atoms in total. The second kappa shape index (κ2) is 7.31. The third kappa shape index (κ3) is 3.70. The van der Waals surface area contributed by atoms with Crippen molar-refractivity contribution in [2.75, 3.05) is 6.79 Å². The zero-order valence-electron chi connectivity index (χ0n) is 14.3. The lowest BCUT2D eigenvalue weighted by Crippen LogP contribution is -2.24. The summed E-state index contributed by atoms with van der Waals surface area (Å²) in [5.41, 5.74) is 4.30. The van der Waals surface area contributed by atoms with Gasteiger partial charge in [0.2, 0.25) is 12.7 Å². The van der Waals surface area contributed by atoms with E-state index in [0.717, 1.165) is 28.2 Å². The van der Waals surface area contributed by atoms with Crippen molar-refractivity contribution in [3.8, 4) is 22.6 Å². The zero-order chi connectivity index (χ0) is 17.8. The minimum Gasteiger partial charge on any atom is -0.454 e. The fraction of sp³-hybridized carbons (Fsp3) is 0.136. The third-order valence-corrected chi connectivity index (χ3v) is 4.35. The van der Waals surface area contributed by atoms with Crippen LogP contribution in [0, 0.1) is 0 Å². The van der Waals surface area contributed by atoms with Crippen LogP contribution in [0.4, 0.5) is 0 Å². The predicted molar refractivity (Wildman–Crippen MR) is 100.0 cm³/mol. The van der Waals surface area contributed by atoms with Crippen molar-refractivity contribution in [3.63, 3.8) is 0 Å². The van der Waals surface area contributed by atoms with E-state index in [-0.39, 0.29) is 12.7 Å². The van der Waals surface area contributed by atoms with Gasteiger partial charge < -0.3 is 14.8 Å². The third-order valence-electron chi connectivity index (χ3n) is 4.35. The number of amides is 1. The van der Waals surface area contributed by atoms with Crippen LogP contribution in [0.2, 0.25) is 0 Å². The average Bonchev–Trinajstić information content (AvgIpc) is 3.15. The molecule has 4 rings (SSSR count). The van der Waals surface area contributed by atoms with E-state index in [0.29, 0.717) is 13.0 Å². The van der Waals surface area contributed by atoms with Crippen LogP contribution < -0.4 is 14.8 Å². The number of hydrogen-bond acceptors (Lipinski definition) is 3. The molecule has 0 saturated heterocycles. The van der Waals surface area contributed by atoms with E-state index in [4.69, 9.17) is 9.47 Å². The summed E-state index contributed by atoms with van der Waals surface area (Å²) >= 11 is 0. The molecular formula is C22H19NO3. The smallest absolute Gasteiger partial charge is 0.231 e. The Hall–Kier alpha value is -3.27. The van der Waals surface area contributed by atoms with Gasteiger partial charge in [-0.05, 0) is 34.4 Å². The van der Waals surface area contributed by atoms with Gasteiger partial charge in [0.25, 0.3) is 0 Å². The van der Waals surface area contributed by atoms with Crippen LogP contribution in [-0.4, -0.2) is 12.7 Å². The Balaban J connectivity index is 1.33. The molecule has 1 amide bonds. The number of nitrogens with one attached hydrogen (secondary N) is 1. The maximum atomic E-state index is 12.2. The first-order valence-corrected chi connectivity index (χ1v) is 8.57. The van der Waals surface area contributed by atoms with Crippen molar-refractivity contribution in [1.82, 2.24) is 5.32 Å². The van der Waals surface area contributed by atoms with E-state index in [1.807, 2.05) is 48.5 Å². The maximum absolute atomic E-state index is 12.2. The van der Waals surface area contributed by atoms with Gasteiger partial charge in [-0.25, -0.2) is 0 Å². The second-order valence-corrected chi connectivity index (χ2v) is 6.20. The lowest BCUT2D eigenvalue weighted by molar-refractivity contribution is -0.120. The summed E-state index contributed by atoms with van der Waals surface area (Å²) in [5, 5.41) is 2.95. The molecule has 3 aromatic rings. The summed E-state index contributed by atoms with van der Waals surface area (Å²) in [6.07, 6.45) is 0.361. The predicted octanol–water partition coefficient (Wildman–Crippen LogP) is 3.94. The molecule has 0 saturated carbocycles. The summed E-state index contributed by atoms with van der Waals surface area (Å²) in [6.45, 7) is 0.724. The van der Waals surface area contributed by atoms with E-state index >= 15 is 0 Å². The Labute approximate surface area is 152 Å². The minimum atomic E-state index is -0.00451. The highest BCUT2D eigenvalue weighted by molar-refractivity contribution is 5.79. The van der Waals surface area contributed by atoms with Gasteiger partial charge in [0.15, 0.2) is 11.5 Å². The minimum absolute atomic E-state index is 0.00451. The molecule has 0 atom stereocenters. The number of hydrogen-bond donors (Lipinski definition) is 1. The standard InChI is InChI=1S/C22H19NO3/c24-22(23-14-17-8-11-20-21(12-17)26-15-25-20)13-16-6-9-19(10-7-16)18-4-2-1-3-5-18/h1-12H,13-15H2,(H,23,24). The summed E-state index contributed by atoms with van der Waals surface area (Å²) in [4.78, 5) is 12.2. The maximum Gasteiger partial charge on any atom is 0.231 e. The molecule has 1 aliphatic heterocycles. The molecule has 26 heavy (non-hydrogen) atoms. The van der Waals surface area contributed by atoms with E-state index in [1.165, 1.54) is 5.56 Å². The molecule has 0 aliphatic carbocycles. The molecule has 4 heteroatoms. The van der Waals surface area contributed by atoms with Crippen molar-refractivity contribution >= 4 is 5.91 Å². The fourth-order valence-corrected chi connectivity index (χ4v) is 2.95. The summed E-state index contributed by atoms with van der Waals surface area (Å²) in [5.74, 6) is 1.47. The quantitative estimate of drug-likeness (QED) is 0.762. The van der Waals surface area contributed by atoms with Gasteiger partial charge in [-0.2, -0.15) is 0 Å². The molecule has 0 unspecified atom stereocenters. The molecular weight excluding hydrogens is 326 g/mol. The molecule has 0 bridgehead atoms. The topological polar surface area (TPSA) is 47.6 Å². The Morgan fingerprint density at radius 2 is 1.50 bits per heavy atom. The van der Waals surface area contributed by atoms with Gasteiger partial charge in [-0.1, -0.05) is 60.7 Å². The second-order valence-electron chi connectivity index (χ2n) is 6.20. The SMILES string of the molecule is O=C(Cc1ccc(-c2ccccc2)cc1)NCc1ccc2c(c1)OCO2. The number of ether oxygens (including phenoxy) is 2. The zero-order valence-corrected chi connectivity index (χ0v) is 14.3. The van der Waals surface area contributed by atoms with E-state index in [2.05, 4.69) is 29.6 Å². The number of carbonyl (C=O) groups excluding carboxylic acids is 1. The molecule has 1 N–H and O–H groups in total. The van der Waals surface area contributed by atoms with Crippen LogP contribution in [0.5, 0.6) is 11.5 Å². The normalized spacial score (nSPS) is 12.0. The highest BCUT2D eigenvalue weighted by atomic mass is 16.7. The van der Waals surface area contributed by atoms with Crippen molar-refractivity contribution < 1.29 is 14.3 Å². The van der Waals surface area contributed by atoms with E-state index < -0.39 is 0 Å². The van der Waals surface area contributed by atoms with Gasteiger partial charge in [0.1, 0.15) is 0 Å². The molecule has 0 spiro atoms. The molecule has 0 aromatic heterocycles. The Bertz CT molecular complexity index is 904. The van der Waals surface area contributed by atoms with Crippen molar-refractivity contribution in [2.45, 2.75) is 13.0 Å². The lowest BCUT2D eigenvalue weighted by atomic mass is 10.0. The highest BCUT2D eigenvalue weighted by Gasteiger charge is 2.13. The van der Waals surface area contributed by atoms with Gasteiger partial charge >= 0.3 is 0 Å². The summed E-state index contributed by atoms with van der Waals surface area (Å²) < 4.78 is 10.6. The fourth-order valence-electron chi connectivity index (χ4n) is 2.95. The number of rotatable bonds is 5. The number of fused-ring (bicyclic) bond motifs is 1. The van der Waals surface area contributed by atoms with Crippen molar-refractivity contribution in [2.24, 2.45) is 0 Å². The van der Waals surface area contributed by atoms with Crippen LogP contribution >= 0.6 is 0 Å². The molecule has 0 radical (unpaired) electrons. The van der Waals surface area contributed by atoms with Crippen LogP contribution in [0.3, 0.4) is 0 Å². The van der Waals surface area contributed by atoms with Gasteiger partial charge in [0.05, 0.1) is 6.42 Å². The molecule has 0 fully saturated rings. The van der Waals surface area contributed by atoms with Crippen LogP contribution in [-0.2, 0) is 17.8 Å². The van der Waals surface area contributed by atoms with Crippen LogP contribution in [0.1, 0.15) is 11.1 Å². The number of benzene rings is 3. The van der Waals surface area contributed by atoms with Crippen LogP contribution in [0.25, 0.3) is 11.1 Å². The number of carbonyl (C=O) groups is 1. The van der Waals surface area contributed by atoms with E-state index in [1.54, 1.807) is 0 Å². The first kappa shape index (κ1) is 16.2.